The molecule has 0 saturated heterocycles. The SMILES string of the molecule is CC(C)N(Cc1ccccc1)c1cnc(C(=O)NCCc2ccccc2F)cn1. The molecule has 0 fully saturated rings. The minimum atomic E-state index is -0.320. The van der Waals surface area contributed by atoms with Crippen LogP contribution >= 0.6 is 0 Å². The molecule has 2 aromatic carbocycles. The largest absolute Gasteiger partial charge is 0.350 e. The van der Waals surface area contributed by atoms with Crippen LogP contribution in [0.4, 0.5) is 10.2 Å². The van der Waals surface area contributed by atoms with Gasteiger partial charge in [0.15, 0.2) is 0 Å². The number of carbonyl (C=O) groups is 1. The highest BCUT2D eigenvalue weighted by atomic mass is 19.1. The minimum absolute atomic E-state index is 0.227. The molecule has 5 nitrogen and oxygen atoms in total. The maximum absolute atomic E-state index is 13.6. The molecule has 1 amide bonds. The van der Waals surface area contributed by atoms with Gasteiger partial charge in [-0.3, -0.25) is 4.79 Å². The van der Waals surface area contributed by atoms with Crippen molar-refractivity contribution >= 4 is 11.7 Å². The number of hydrogen-bond donors (Lipinski definition) is 1. The Morgan fingerprint density at radius 1 is 1.03 bits per heavy atom. The van der Waals surface area contributed by atoms with E-state index in [1.165, 1.54) is 17.8 Å². The van der Waals surface area contributed by atoms with Crippen molar-refractivity contribution in [2.75, 3.05) is 11.4 Å². The normalized spacial score (nSPS) is 10.8. The van der Waals surface area contributed by atoms with Gasteiger partial charge in [0.05, 0.1) is 12.4 Å². The zero-order chi connectivity index (χ0) is 20.6. The first-order valence-corrected chi connectivity index (χ1v) is 9.69. The number of aromatic nitrogens is 2. The van der Waals surface area contributed by atoms with Crippen LogP contribution in [0.3, 0.4) is 0 Å². The van der Waals surface area contributed by atoms with Gasteiger partial charge in [0, 0.05) is 19.1 Å². The second kappa shape index (κ2) is 9.78. The first kappa shape index (κ1) is 20.5. The van der Waals surface area contributed by atoms with Crippen LogP contribution in [0.15, 0.2) is 67.0 Å². The number of benzene rings is 2. The van der Waals surface area contributed by atoms with Crippen molar-refractivity contribution in [3.8, 4) is 0 Å². The van der Waals surface area contributed by atoms with Gasteiger partial charge in [-0.2, -0.15) is 0 Å². The Morgan fingerprint density at radius 3 is 2.41 bits per heavy atom. The van der Waals surface area contributed by atoms with Crippen LogP contribution in [0, 0.1) is 5.82 Å². The van der Waals surface area contributed by atoms with E-state index in [0.29, 0.717) is 30.9 Å². The van der Waals surface area contributed by atoms with Crippen LogP contribution in [0.1, 0.15) is 35.5 Å². The molecule has 6 heteroatoms. The third-order valence-corrected chi connectivity index (χ3v) is 4.62. The summed E-state index contributed by atoms with van der Waals surface area (Å²) in [6.45, 7) is 5.22. The molecule has 0 spiro atoms. The van der Waals surface area contributed by atoms with E-state index in [0.717, 1.165) is 0 Å². The Balaban J connectivity index is 1.60. The van der Waals surface area contributed by atoms with E-state index in [1.807, 2.05) is 18.2 Å². The number of nitrogens with one attached hydrogen (secondary N) is 1. The van der Waals surface area contributed by atoms with Gasteiger partial charge in [-0.05, 0) is 37.5 Å². The van der Waals surface area contributed by atoms with Crippen molar-refractivity contribution in [1.82, 2.24) is 15.3 Å². The lowest BCUT2D eigenvalue weighted by molar-refractivity contribution is 0.0948. The van der Waals surface area contributed by atoms with E-state index in [9.17, 15) is 9.18 Å². The molecule has 3 rings (SSSR count). The highest BCUT2D eigenvalue weighted by molar-refractivity contribution is 5.92. The van der Waals surface area contributed by atoms with E-state index in [4.69, 9.17) is 0 Å². The van der Waals surface area contributed by atoms with Gasteiger partial charge in [0.1, 0.15) is 17.3 Å². The maximum Gasteiger partial charge on any atom is 0.271 e. The molecule has 0 atom stereocenters. The maximum atomic E-state index is 13.6. The van der Waals surface area contributed by atoms with E-state index >= 15 is 0 Å². The molecule has 0 radical (unpaired) electrons. The van der Waals surface area contributed by atoms with Crippen LogP contribution in [-0.2, 0) is 13.0 Å². The summed E-state index contributed by atoms with van der Waals surface area (Å²) in [7, 11) is 0. The summed E-state index contributed by atoms with van der Waals surface area (Å²) in [5.74, 6) is 0.129. The van der Waals surface area contributed by atoms with Gasteiger partial charge in [-0.1, -0.05) is 48.5 Å². The number of anilines is 1. The fourth-order valence-electron chi connectivity index (χ4n) is 3.00. The fourth-order valence-corrected chi connectivity index (χ4v) is 3.00. The second-order valence-corrected chi connectivity index (χ2v) is 7.06. The van der Waals surface area contributed by atoms with E-state index in [-0.39, 0.29) is 23.5 Å². The molecule has 0 aliphatic rings. The Morgan fingerprint density at radius 2 is 1.76 bits per heavy atom. The number of halogens is 1. The molecule has 0 aliphatic heterocycles. The Labute approximate surface area is 170 Å². The molecule has 1 N–H and O–H groups in total. The molecule has 0 bridgehead atoms. The van der Waals surface area contributed by atoms with Gasteiger partial charge >= 0.3 is 0 Å². The number of nitrogens with zero attached hydrogens (tertiary/aromatic N) is 3. The molecule has 0 saturated carbocycles. The van der Waals surface area contributed by atoms with Crippen LogP contribution < -0.4 is 10.2 Å². The summed E-state index contributed by atoms with van der Waals surface area (Å²) in [6.07, 6.45) is 3.52. The Hall–Kier alpha value is -3.28. The molecule has 3 aromatic rings. The molecule has 0 unspecified atom stereocenters. The number of rotatable bonds is 8. The van der Waals surface area contributed by atoms with Gasteiger partial charge in [0.25, 0.3) is 5.91 Å². The van der Waals surface area contributed by atoms with Crippen molar-refractivity contribution in [3.05, 3.63) is 89.6 Å². The van der Waals surface area contributed by atoms with Crippen LogP contribution in [0.5, 0.6) is 0 Å². The number of hydrogen-bond acceptors (Lipinski definition) is 4. The van der Waals surface area contributed by atoms with Crippen molar-refractivity contribution in [1.29, 1.82) is 0 Å². The van der Waals surface area contributed by atoms with Crippen molar-refractivity contribution < 1.29 is 9.18 Å². The molecule has 0 aliphatic carbocycles. The molecule has 1 aromatic heterocycles. The van der Waals surface area contributed by atoms with E-state index in [2.05, 4.69) is 46.2 Å². The molecular weight excluding hydrogens is 367 g/mol. The third-order valence-electron chi connectivity index (χ3n) is 4.62. The zero-order valence-corrected chi connectivity index (χ0v) is 16.7. The summed E-state index contributed by atoms with van der Waals surface area (Å²) < 4.78 is 13.6. The number of carbonyl (C=O) groups excluding carboxylic acids is 1. The molecule has 1 heterocycles. The molecular formula is C23H25FN4O. The standard InChI is InChI=1S/C23H25FN4O/c1-17(2)28(16-18-8-4-3-5-9-18)22-15-26-21(14-27-22)23(29)25-13-12-19-10-6-7-11-20(19)24/h3-11,14-15,17H,12-13,16H2,1-2H3,(H,25,29). The van der Waals surface area contributed by atoms with E-state index < -0.39 is 0 Å². The summed E-state index contributed by atoms with van der Waals surface area (Å²) in [5.41, 5.74) is 1.99. The molecule has 150 valence electrons. The summed E-state index contributed by atoms with van der Waals surface area (Å²) in [5, 5.41) is 2.76. The van der Waals surface area contributed by atoms with Gasteiger partial charge < -0.3 is 10.2 Å². The third kappa shape index (κ3) is 5.60. The first-order chi connectivity index (χ1) is 14.0. The first-order valence-electron chi connectivity index (χ1n) is 9.69. The molecule has 29 heavy (non-hydrogen) atoms. The lowest BCUT2D eigenvalue weighted by Crippen LogP contribution is -2.31. The Bertz CT molecular complexity index is 929. The highest BCUT2D eigenvalue weighted by Crippen LogP contribution is 2.17. The minimum Gasteiger partial charge on any atom is -0.350 e. The number of amides is 1. The predicted molar refractivity (Wildman–Crippen MR) is 112 cm³/mol. The van der Waals surface area contributed by atoms with Gasteiger partial charge in [0.2, 0.25) is 0 Å². The van der Waals surface area contributed by atoms with Crippen molar-refractivity contribution in [2.24, 2.45) is 0 Å². The van der Waals surface area contributed by atoms with Gasteiger partial charge in [-0.25, -0.2) is 14.4 Å². The van der Waals surface area contributed by atoms with Crippen LogP contribution in [0.25, 0.3) is 0 Å². The lowest BCUT2D eigenvalue weighted by atomic mass is 10.1. The van der Waals surface area contributed by atoms with Gasteiger partial charge in [-0.15, -0.1) is 0 Å². The summed E-state index contributed by atoms with van der Waals surface area (Å²) in [4.78, 5) is 23.1. The van der Waals surface area contributed by atoms with E-state index in [1.54, 1.807) is 24.4 Å². The van der Waals surface area contributed by atoms with Crippen LogP contribution in [0.2, 0.25) is 0 Å². The predicted octanol–water partition coefficient (Wildman–Crippen LogP) is 4.00. The van der Waals surface area contributed by atoms with Crippen LogP contribution in [-0.4, -0.2) is 28.5 Å². The topological polar surface area (TPSA) is 58.1 Å². The lowest BCUT2D eigenvalue weighted by Gasteiger charge is -2.27. The second-order valence-electron chi connectivity index (χ2n) is 7.06. The average Bonchev–Trinajstić information content (AvgIpc) is 2.74. The summed E-state index contributed by atoms with van der Waals surface area (Å²) in [6, 6.07) is 16.9. The summed E-state index contributed by atoms with van der Waals surface area (Å²) >= 11 is 0. The average molecular weight is 392 g/mol. The fraction of sp³-hybridized carbons (Fsp3) is 0.261. The van der Waals surface area contributed by atoms with Crippen molar-refractivity contribution in [2.45, 2.75) is 32.9 Å². The smallest absolute Gasteiger partial charge is 0.271 e. The highest BCUT2D eigenvalue weighted by Gasteiger charge is 2.15. The zero-order valence-electron chi connectivity index (χ0n) is 16.7. The quantitative estimate of drug-likeness (QED) is 0.629. The monoisotopic (exact) mass is 392 g/mol. The van der Waals surface area contributed by atoms with Crippen molar-refractivity contribution in [3.63, 3.8) is 0 Å². The Kier molecular flexibility index (Phi) is 6.89.